The summed E-state index contributed by atoms with van der Waals surface area (Å²) in [5, 5.41) is 3.59. The summed E-state index contributed by atoms with van der Waals surface area (Å²) in [4.78, 5) is 55.3. The number of ether oxygens (including phenoxy) is 4. The molecule has 1 amide bonds. The van der Waals surface area contributed by atoms with Gasteiger partial charge < -0.3 is 28.8 Å². The van der Waals surface area contributed by atoms with Crippen LogP contribution in [-0.2, 0) is 16.6 Å². The Kier molecular flexibility index (Phi) is 6.15. The van der Waals surface area contributed by atoms with Crippen LogP contribution in [0.15, 0.2) is 46.4 Å². The number of nitrogens with one attached hydrogen (secondary N) is 1. The molecule has 3 heterocycles. The summed E-state index contributed by atoms with van der Waals surface area (Å²) in [5.41, 5.74) is -0.812. The number of allylic oxidation sites excluding steroid dienone is 1. The molecule has 11 heteroatoms. The van der Waals surface area contributed by atoms with Crippen molar-refractivity contribution in [2.45, 2.75) is 31.3 Å². The number of methoxy groups -OCH3 is 3. The van der Waals surface area contributed by atoms with Crippen LogP contribution in [-0.4, -0.2) is 49.0 Å². The SMILES string of the molecule is COc1ccc2cc(C3CC(=O)NC4=C3C(=O)C3(Oc5c(Cl)c(OC)cc(OC)c5C3=O)C(C)C4)c(=O)n(C)c2c1. The minimum Gasteiger partial charge on any atom is -0.497 e. The first-order valence-electron chi connectivity index (χ1n) is 13.0. The maximum absolute atomic E-state index is 14.6. The van der Waals surface area contributed by atoms with E-state index in [-0.39, 0.29) is 63.3 Å². The van der Waals surface area contributed by atoms with Crippen LogP contribution in [0.5, 0.6) is 23.0 Å². The van der Waals surface area contributed by atoms with Crippen molar-refractivity contribution in [2.75, 3.05) is 21.3 Å². The number of amides is 1. The molecule has 0 radical (unpaired) electrons. The van der Waals surface area contributed by atoms with Crippen molar-refractivity contribution in [3.63, 3.8) is 0 Å². The number of ketones is 2. The molecular weight excluding hydrogens is 552 g/mol. The molecule has 212 valence electrons. The van der Waals surface area contributed by atoms with Crippen molar-refractivity contribution >= 4 is 40.0 Å². The Morgan fingerprint density at radius 1 is 0.976 bits per heavy atom. The summed E-state index contributed by atoms with van der Waals surface area (Å²) in [6.45, 7) is 1.71. The van der Waals surface area contributed by atoms with Gasteiger partial charge in [-0.1, -0.05) is 18.5 Å². The molecule has 3 atom stereocenters. The highest BCUT2D eigenvalue weighted by molar-refractivity contribution is 6.36. The van der Waals surface area contributed by atoms with E-state index in [0.29, 0.717) is 17.0 Å². The van der Waals surface area contributed by atoms with E-state index in [4.69, 9.17) is 30.5 Å². The van der Waals surface area contributed by atoms with E-state index in [1.165, 1.54) is 32.0 Å². The monoisotopic (exact) mass is 578 g/mol. The molecule has 3 unspecified atom stereocenters. The van der Waals surface area contributed by atoms with Crippen molar-refractivity contribution in [1.29, 1.82) is 0 Å². The van der Waals surface area contributed by atoms with Gasteiger partial charge in [-0.3, -0.25) is 19.2 Å². The van der Waals surface area contributed by atoms with Crippen molar-refractivity contribution in [2.24, 2.45) is 13.0 Å². The predicted molar refractivity (Wildman–Crippen MR) is 149 cm³/mol. The van der Waals surface area contributed by atoms with E-state index < -0.39 is 29.0 Å². The van der Waals surface area contributed by atoms with Crippen LogP contribution in [0.2, 0.25) is 5.02 Å². The zero-order valence-electron chi connectivity index (χ0n) is 23.0. The van der Waals surface area contributed by atoms with Gasteiger partial charge in [0.25, 0.3) is 5.56 Å². The van der Waals surface area contributed by atoms with E-state index in [2.05, 4.69) is 5.32 Å². The molecule has 2 aliphatic heterocycles. The first-order chi connectivity index (χ1) is 19.6. The van der Waals surface area contributed by atoms with Crippen molar-refractivity contribution in [1.82, 2.24) is 9.88 Å². The lowest BCUT2D eigenvalue weighted by Crippen LogP contribution is -2.59. The van der Waals surface area contributed by atoms with Crippen LogP contribution >= 0.6 is 11.6 Å². The van der Waals surface area contributed by atoms with E-state index >= 15 is 0 Å². The minimum atomic E-state index is -1.96. The number of aryl methyl sites for hydroxylation is 1. The first-order valence-corrected chi connectivity index (χ1v) is 13.4. The second-order valence-corrected chi connectivity index (χ2v) is 10.9. The lowest BCUT2D eigenvalue weighted by atomic mass is 9.66. The average Bonchev–Trinajstić information content (AvgIpc) is 3.28. The fourth-order valence-corrected chi connectivity index (χ4v) is 6.57. The molecule has 3 aliphatic rings. The number of Topliss-reactive ketones (excluding diaryl/α,β-unsaturated/α-hetero) is 2. The fraction of sp³-hybridized carbons (Fsp3) is 0.333. The molecule has 3 aromatic rings. The molecule has 0 bridgehead atoms. The molecule has 10 nitrogen and oxygen atoms in total. The van der Waals surface area contributed by atoms with Crippen LogP contribution in [0.4, 0.5) is 0 Å². The number of hydrogen-bond donors (Lipinski definition) is 1. The van der Waals surface area contributed by atoms with Gasteiger partial charge in [0.2, 0.25) is 23.1 Å². The summed E-state index contributed by atoms with van der Waals surface area (Å²) < 4.78 is 23.8. The van der Waals surface area contributed by atoms with E-state index in [9.17, 15) is 19.2 Å². The Labute approximate surface area is 239 Å². The number of benzene rings is 2. The molecular formula is C30H27ClN2O8. The summed E-state index contributed by atoms with van der Waals surface area (Å²) in [6.07, 6.45) is 0.0101. The topological polar surface area (TPSA) is 122 Å². The van der Waals surface area contributed by atoms with Gasteiger partial charge in [0.15, 0.2) is 5.75 Å². The number of nitrogens with zero attached hydrogens (tertiary/aromatic N) is 1. The number of pyridine rings is 1. The van der Waals surface area contributed by atoms with Gasteiger partial charge in [-0.25, -0.2) is 0 Å². The highest BCUT2D eigenvalue weighted by atomic mass is 35.5. The third-order valence-corrected chi connectivity index (χ3v) is 8.75. The van der Waals surface area contributed by atoms with Crippen LogP contribution in [0, 0.1) is 5.92 Å². The van der Waals surface area contributed by atoms with Crippen molar-refractivity contribution in [3.8, 4) is 23.0 Å². The number of hydrogen-bond acceptors (Lipinski definition) is 8. The maximum Gasteiger partial charge on any atom is 0.254 e. The van der Waals surface area contributed by atoms with E-state index in [1.807, 2.05) is 6.07 Å². The molecule has 6 rings (SSSR count). The first kappa shape index (κ1) is 26.9. The molecule has 0 saturated heterocycles. The smallest absolute Gasteiger partial charge is 0.254 e. The van der Waals surface area contributed by atoms with Gasteiger partial charge in [0, 0.05) is 54.3 Å². The number of carbonyl (C=O) groups is 3. The van der Waals surface area contributed by atoms with Crippen LogP contribution in [0.3, 0.4) is 0 Å². The number of fused-ring (bicyclic) bond motifs is 2. The summed E-state index contributed by atoms with van der Waals surface area (Å²) in [5.74, 6) is -2.13. The maximum atomic E-state index is 14.6. The highest BCUT2D eigenvalue weighted by Gasteiger charge is 2.63. The molecule has 0 fully saturated rings. The second-order valence-electron chi connectivity index (χ2n) is 10.5. The van der Waals surface area contributed by atoms with Crippen LogP contribution < -0.4 is 29.8 Å². The molecule has 2 aromatic carbocycles. The van der Waals surface area contributed by atoms with Gasteiger partial charge in [-0.15, -0.1) is 0 Å². The normalized spacial score (nSPS) is 23.3. The Morgan fingerprint density at radius 3 is 2.39 bits per heavy atom. The van der Waals surface area contributed by atoms with Gasteiger partial charge in [-0.05, 0) is 30.0 Å². The lowest BCUT2D eigenvalue weighted by Gasteiger charge is -2.41. The predicted octanol–water partition coefficient (Wildman–Crippen LogP) is 3.70. The summed E-state index contributed by atoms with van der Waals surface area (Å²) in [6, 6.07) is 8.49. The third-order valence-electron chi connectivity index (χ3n) is 8.40. The van der Waals surface area contributed by atoms with Crippen LogP contribution in [0.25, 0.3) is 10.9 Å². The second kappa shape index (κ2) is 9.37. The van der Waals surface area contributed by atoms with Gasteiger partial charge in [-0.2, -0.15) is 0 Å². The average molecular weight is 579 g/mol. The van der Waals surface area contributed by atoms with Crippen molar-refractivity contribution < 1.29 is 33.3 Å². The quantitative estimate of drug-likeness (QED) is 0.465. The standard InChI is InChI=1S/C30H27ClN2O8/c1-13-8-18-23(27(35)30(13)28(36)24-20(39-4)12-21(40-5)25(31)26(24)41-30)16(11-22(34)32-18)17-9-14-6-7-15(38-3)10-19(14)33(2)29(17)37/h6-7,9-10,12-13,16H,8,11H2,1-5H3,(H,32,34). The number of halogens is 1. The Morgan fingerprint density at radius 2 is 1.71 bits per heavy atom. The summed E-state index contributed by atoms with van der Waals surface area (Å²) >= 11 is 6.55. The number of rotatable bonds is 4. The third kappa shape index (κ3) is 3.63. The fourth-order valence-electron chi connectivity index (χ4n) is 6.30. The highest BCUT2D eigenvalue weighted by Crippen LogP contribution is 2.55. The molecule has 41 heavy (non-hydrogen) atoms. The molecule has 1 aromatic heterocycles. The Hall–Kier alpha value is -4.31. The Bertz CT molecular complexity index is 1790. The van der Waals surface area contributed by atoms with Crippen LogP contribution in [0.1, 0.15) is 41.6 Å². The molecule has 0 saturated carbocycles. The largest absolute Gasteiger partial charge is 0.497 e. The zero-order valence-corrected chi connectivity index (χ0v) is 23.8. The Balaban J connectivity index is 1.53. The van der Waals surface area contributed by atoms with Crippen molar-refractivity contribution in [3.05, 3.63) is 68.1 Å². The zero-order chi connectivity index (χ0) is 29.4. The molecule has 1 spiro atoms. The number of aromatic nitrogens is 1. The van der Waals surface area contributed by atoms with Gasteiger partial charge in [0.05, 0.1) is 26.8 Å². The number of carbonyl (C=O) groups excluding carboxylic acids is 3. The van der Waals surface area contributed by atoms with E-state index in [1.54, 1.807) is 32.2 Å². The summed E-state index contributed by atoms with van der Waals surface area (Å²) in [7, 11) is 5.98. The lowest BCUT2D eigenvalue weighted by molar-refractivity contribution is -0.131. The van der Waals surface area contributed by atoms with E-state index in [0.717, 1.165) is 5.39 Å². The van der Waals surface area contributed by atoms with Gasteiger partial charge in [0.1, 0.15) is 27.8 Å². The van der Waals surface area contributed by atoms with Gasteiger partial charge >= 0.3 is 0 Å². The molecule has 1 N–H and O–H groups in total. The molecule has 1 aliphatic carbocycles. The minimum absolute atomic E-state index is 0.00378.